The van der Waals surface area contributed by atoms with E-state index in [0.717, 1.165) is 0 Å². The summed E-state index contributed by atoms with van der Waals surface area (Å²) in [4.78, 5) is 4.47. The van der Waals surface area contributed by atoms with Crippen LogP contribution in [0.3, 0.4) is 0 Å². The van der Waals surface area contributed by atoms with Crippen LogP contribution in [-0.4, -0.2) is 18.0 Å². The van der Waals surface area contributed by atoms with E-state index in [1.54, 1.807) is 42.7 Å². The molecule has 0 bridgehead atoms. The first-order valence-corrected chi connectivity index (χ1v) is 9.53. The van der Waals surface area contributed by atoms with Crippen molar-refractivity contribution in [2.45, 2.75) is 31.8 Å². The summed E-state index contributed by atoms with van der Waals surface area (Å²) in [5.41, 5.74) is 0.928. The van der Waals surface area contributed by atoms with E-state index in [-0.39, 0.29) is 11.4 Å². The van der Waals surface area contributed by atoms with Gasteiger partial charge in [0.15, 0.2) is 0 Å². The van der Waals surface area contributed by atoms with E-state index >= 15 is 0 Å². The molecule has 0 fully saturated rings. The Morgan fingerprint density at radius 3 is 2.68 bits per heavy atom. The zero-order valence-electron chi connectivity index (χ0n) is 14.1. The van der Waals surface area contributed by atoms with Crippen LogP contribution in [0.4, 0.5) is 4.39 Å². The molecule has 0 atom stereocenters. The molecule has 2 heterocycles. The van der Waals surface area contributed by atoms with E-state index in [1.165, 1.54) is 6.07 Å². The summed E-state index contributed by atoms with van der Waals surface area (Å²) < 4.78 is 43.6. The SMILES string of the molecule is CC(C)Cn1cc(S(=O)(=O)NCc2ccccc2F)c2cccnc21. The maximum absolute atomic E-state index is 13.7. The number of fused-ring (bicyclic) bond motifs is 1. The van der Waals surface area contributed by atoms with Crippen LogP contribution in [0.1, 0.15) is 19.4 Å². The van der Waals surface area contributed by atoms with Crippen molar-refractivity contribution in [1.82, 2.24) is 14.3 Å². The Balaban J connectivity index is 1.96. The molecule has 5 nitrogen and oxygen atoms in total. The van der Waals surface area contributed by atoms with E-state index in [9.17, 15) is 12.8 Å². The predicted octanol–water partition coefficient (Wildman–Crippen LogP) is 3.31. The van der Waals surface area contributed by atoms with E-state index in [2.05, 4.69) is 23.6 Å². The van der Waals surface area contributed by atoms with Crippen molar-refractivity contribution >= 4 is 21.1 Å². The number of hydrogen-bond donors (Lipinski definition) is 1. The van der Waals surface area contributed by atoms with Gasteiger partial charge >= 0.3 is 0 Å². The van der Waals surface area contributed by atoms with E-state index in [0.29, 0.717) is 29.1 Å². The fourth-order valence-electron chi connectivity index (χ4n) is 2.73. The second-order valence-corrected chi connectivity index (χ2v) is 8.07. The quantitative estimate of drug-likeness (QED) is 0.733. The maximum atomic E-state index is 13.7. The fraction of sp³-hybridized carbons (Fsp3) is 0.278. The minimum atomic E-state index is -3.79. The number of pyridine rings is 1. The zero-order chi connectivity index (χ0) is 18.0. The van der Waals surface area contributed by atoms with Crippen molar-refractivity contribution in [1.29, 1.82) is 0 Å². The Kier molecular flexibility index (Phi) is 4.87. The van der Waals surface area contributed by atoms with E-state index in [4.69, 9.17) is 0 Å². The smallest absolute Gasteiger partial charge is 0.243 e. The van der Waals surface area contributed by atoms with Crippen molar-refractivity contribution in [3.8, 4) is 0 Å². The predicted molar refractivity (Wildman–Crippen MR) is 95.0 cm³/mol. The van der Waals surface area contributed by atoms with Crippen LogP contribution < -0.4 is 4.72 Å². The molecular weight excluding hydrogens is 341 g/mol. The third-order valence-corrected chi connectivity index (χ3v) is 5.29. The Labute approximate surface area is 146 Å². The lowest BCUT2D eigenvalue weighted by Gasteiger charge is -2.07. The maximum Gasteiger partial charge on any atom is 0.243 e. The van der Waals surface area contributed by atoms with Gasteiger partial charge in [0.25, 0.3) is 0 Å². The molecule has 1 aromatic carbocycles. The molecule has 7 heteroatoms. The lowest BCUT2D eigenvalue weighted by molar-refractivity contribution is 0.530. The largest absolute Gasteiger partial charge is 0.331 e. The van der Waals surface area contributed by atoms with Gasteiger partial charge in [-0.25, -0.2) is 22.5 Å². The number of halogens is 1. The lowest BCUT2D eigenvalue weighted by Crippen LogP contribution is -2.23. The molecule has 3 rings (SSSR count). The summed E-state index contributed by atoms with van der Waals surface area (Å²) in [5, 5.41) is 0.559. The molecule has 0 spiro atoms. The molecule has 2 aromatic heterocycles. The van der Waals surface area contributed by atoms with Crippen molar-refractivity contribution in [2.75, 3.05) is 0 Å². The van der Waals surface area contributed by atoms with E-state index < -0.39 is 15.8 Å². The molecule has 132 valence electrons. The summed E-state index contributed by atoms with van der Waals surface area (Å²) in [6.45, 7) is 4.67. The monoisotopic (exact) mass is 361 g/mol. The van der Waals surface area contributed by atoms with Gasteiger partial charge in [0.05, 0.1) is 0 Å². The van der Waals surface area contributed by atoms with Crippen LogP contribution in [-0.2, 0) is 23.1 Å². The van der Waals surface area contributed by atoms with Crippen molar-refractivity contribution in [3.63, 3.8) is 0 Å². The van der Waals surface area contributed by atoms with Crippen LogP contribution in [0, 0.1) is 11.7 Å². The van der Waals surface area contributed by atoms with Gasteiger partial charge < -0.3 is 4.57 Å². The van der Waals surface area contributed by atoms with Crippen molar-refractivity contribution in [3.05, 3.63) is 60.2 Å². The first-order chi connectivity index (χ1) is 11.9. The molecule has 1 N–H and O–H groups in total. The summed E-state index contributed by atoms with van der Waals surface area (Å²) >= 11 is 0. The molecule has 0 aliphatic carbocycles. The van der Waals surface area contributed by atoms with E-state index in [1.807, 2.05) is 4.57 Å². The minimum Gasteiger partial charge on any atom is -0.331 e. The highest BCUT2D eigenvalue weighted by Gasteiger charge is 2.22. The number of sulfonamides is 1. The molecule has 0 saturated carbocycles. The van der Waals surface area contributed by atoms with Gasteiger partial charge in [0.1, 0.15) is 16.4 Å². The second-order valence-electron chi connectivity index (χ2n) is 6.33. The van der Waals surface area contributed by atoms with Gasteiger partial charge in [-0.3, -0.25) is 0 Å². The van der Waals surface area contributed by atoms with Crippen LogP contribution in [0.5, 0.6) is 0 Å². The first-order valence-electron chi connectivity index (χ1n) is 8.05. The van der Waals surface area contributed by atoms with Crippen LogP contribution in [0.25, 0.3) is 11.0 Å². The normalized spacial score (nSPS) is 12.2. The number of rotatable bonds is 6. The summed E-state index contributed by atoms with van der Waals surface area (Å²) in [7, 11) is -3.79. The van der Waals surface area contributed by atoms with Crippen molar-refractivity contribution < 1.29 is 12.8 Å². The van der Waals surface area contributed by atoms with Gasteiger partial charge in [-0.15, -0.1) is 0 Å². The number of benzene rings is 1. The highest BCUT2D eigenvalue weighted by molar-refractivity contribution is 7.89. The molecule has 0 aliphatic heterocycles. The lowest BCUT2D eigenvalue weighted by atomic mass is 10.2. The number of hydrogen-bond acceptors (Lipinski definition) is 3. The topological polar surface area (TPSA) is 64.0 Å². The second kappa shape index (κ2) is 6.93. The third kappa shape index (κ3) is 3.72. The number of aromatic nitrogens is 2. The van der Waals surface area contributed by atoms with Gasteiger partial charge in [0, 0.05) is 36.4 Å². The molecular formula is C18H20FN3O2S. The van der Waals surface area contributed by atoms with Crippen LogP contribution in [0.15, 0.2) is 53.7 Å². The zero-order valence-corrected chi connectivity index (χ0v) is 14.9. The third-order valence-electron chi connectivity index (χ3n) is 3.86. The fourth-order valence-corrected chi connectivity index (χ4v) is 3.95. The Bertz CT molecular complexity index is 996. The highest BCUT2D eigenvalue weighted by Crippen LogP contribution is 2.25. The summed E-state index contributed by atoms with van der Waals surface area (Å²) in [6, 6.07) is 9.54. The molecule has 0 saturated heterocycles. The van der Waals surface area contributed by atoms with Gasteiger partial charge in [-0.2, -0.15) is 0 Å². The molecule has 0 aliphatic rings. The van der Waals surface area contributed by atoms with Crippen LogP contribution >= 0.6 is 0 Å². The Morgan fingerprint density at radius 2 is 1.96 bits per heavy atom. The van der Waals surface area contributed by atoms with Crippen molar-refractivity contribution in [2.24, 2.45) is 5.92 Å². The summed E-state index contributed by atoms with van der Waals surface area (Å²) in [5.74, 6) is -0.0892. The van der Waals surface area contributed by atoms with Gasteiger partial charge in [0.2, 0.25) is 10.0 Å². The average molecular weight is 361 g/mol. The Hall–Kier alpha value is -2.25. The minimum absolute atomic E-state index is 0.105. The molecule has 3 aromatic rings. The standard InChI is InChI=1S/C18H20FN3O2S/c1-13(2)11-22-12-17(15-7-5-9-20-18(15)22)25(23,24)21-10-14-6-3-4-8-16(14)19/h3-9,12-13,21H,10-11H2,1-2H3. The molecule has 0 radical (unpaired) electrons. The molecule has 0 unspecified atom stereocenters. The first kappa shape index (κ1) is 17.6. The van der Waals surface area contributed by atoms with Gasteiger partial charge in [-0.1, -0.05) is 32.0 Å². The molecule has 25 heavy (non-hydrogen) atoms. The van der Waals surface area contributed by atoms with Crippen LogP contribution in [0.2, 0.25) is 0 Å². The molecule has 0 amide bonds. The summed E-state index contributed by atoms with van der Waals surface area (Å²) in [6.07, 6.45) is 3.24. The average Bonchev–Trinajstić information content (AvgIpc) is 2.93. The highest BCUT2D eigenvalue weighted by atomic mass is 32.2. The Morgan fingerprint density at radius 1 is 1.20 bits per heavy atom. The van der Waals surface area contributed by atoms with Gasteiger partial charge in [-0.05, 0) is 24.1 Å². The number of nitrogens with one attached hydrogen (secondary N) is 1. The number of nitrogens with zero attached hydrogens (tertiary/aromatic N) is 2.